The Morgan fingerprint density at radius 3 is 2.94 bits per heavy atom. The van der Waals surface area contributed by atoms with Gasteiger partial charge < -0.3 is 5.32 Å². The predicted octanol–water partition coefficient (Wildman–Crippen LogP) is 3.46. The minimum atomic E-state index is 0.766. The summed E-state index contributed by atoms with van der Waals surface area (Å²) in [6.07, 6.45) is 2.09. The van der Waals surface area contributed by atoms with Crippen molar-refractivity contribution in [2.45, 2.75) is 19.8 Å². The van der Waals surface area contributed by atoms with Gasteiger partial charge in [0.15, 0.2) is 5.01 Å². The maximum Gasteiger partial charge on any atom is 0.159 e. The summed E-state index contributed by atoms with van der Waals surface area (Å²) >= 11 is 9.30. The second-order valence-corrected chi connectivity index (χ2v) is 5.98. The molecule has 0 amide bonds. The number of halogens is 1. The van der Waals surface area contributed by atoms with Crippen molar-refractivity contribution in [3.8, 4) is 9.88 Å². The number of hydrogen-bond donors (Lipinski definition) is 1. The zero-order valence-electron chi connectivity index (χ0n) is 9.57. The van der Waals surface area contributed by atoms with E-state index in [0.717, 1.165) is 45.8 Å². The van der Waals surface area contributed by atoms with Crippen LogP contribution in [0.5, 0.6) is 0 Å². The molecule has 0 bridgehead atoms. The number of hydrogen-bond acceptors (Lipinski definition) is 5. The van der Waals surface area contributed by atoms with Crippen LogP contribution in [-0.2, 0) is 6.42 Å². The Morgan fingerprint density at radius 1 is 1.35 bits per heavy atom. The third kappa shape index (κ3) is 3.48. The third-order valence-corrected chi connectivity index (χ3v) is 4.70. The van der Waals surface area contributed by atoms with E-state index in [1.807, 2.05) is 11.4 Å². The van der Waals surface area contributed by atoms with Gasteiger partial charge in [-0.3, -0.25) is 0 Å². The zero-order chi connectivity index (χ0) is 12.1. The van der Waals surface area contributed by atoms with E-state index in [1.54, 1.807) is 22.7 Å². The molecule has 2 rings (SSSR count). The van der Waals surface area contributed by atoms with E-state index in [2.05, 4.69) is 22.4 Å². The molecule has 0 saturated heterocycles. The van der Waals surface area contributed by atoms with E-state index < -0.39 is 0 Å². The van der Waals surface area contributed by atoms with Gasteiger partial charge in [-0.25, -0.2) is 0 Å². The van der Waals surface area contributed by atoms with Crippen LogP contribution in [-0.4, -0.2) is 23.3 Å². The summed E-state index contributed by atoms with van der Waals surface area (Å²) in [5.41, 5.74) is 0. The van der Waals surface area contributed by atoms with Crippen LogP contribution in [0.3, 0.4) is 0 Å². The number of rotatable bonds is 6. The van der Waals surface area contributed by atoms with Crippen LogP contribution in [0.15, 0.2) is 11.4 Å². The molecule has 2 heterocycles. The lowest BCUT2D eigenvalue weighted by molar-refractivity contribution is 0.668. The highest BCUT2D eigenvalue weighted by Crippen LogP contribution is 2.34. The minimum absolute atomic E-state index is 0.766. The van der Waals surface area contributed by atoms with Crippen LogP contribution < -0.4 is 5.32 Å². The lowest BCUT2D eigenvalue weighted by Gasteiger charge is -1.98. The highest BCUT2D eigenvalue weighted by Gasteiger charge is 2.10. The molecule has 17 heavy (non-hydrogen) atoms. The Bertz CT molecular complexity index is 467. The van der Waals surface area contributed by atoms with Crippen LogP contribution >= 0.6 is 34.3 Å². The molecule has 2 aromatic heterocycles. The molecule has 0 radical (unpaired) electrons. The van der Waals surface area contributed by atoms with Gasteiger partial charge in [0.05, 0.1) is 9.90 Å². The molecule has 1 N–H and O–H groups in total. The van der Waals surface area contributed by atoms with Crippen molar-refractivity contribution in [1.82, 2.24) is 15.5 Å². The molecule has 0 aliphatic heterocycles. The molecule has 0 fully saturated rings. The Hall–Kier alpha value is -0.490. The van der Waals surface area contributed by atoms with E-state index in [4.69, 9.17) is 11.6 Å². The Labute approximate surface area is 114 Å². The molecule has 92 valence electrons. The van der Waals surface area contributed by atoms with Crippen LogP contribution in [0.1, 0.15) is 18.4 Å². The standard InChI is InChI=1S/C11H14ClN3S2/c1-2-5-13-6-3-9-14-15-11(17-9)10-8(12)4-7-16-10/h4,7,13H,2-3,5-6H2,1H3. The van der Waals surface area contributed by atoms with Crippen molar-refractivity contribution < 1.29 is 0 Å². The fourth-order valence-electron chi connectivity index (χ4n) is 1.39. The summed E-state index contributed by atoms with van der Waals surface area (Å²) in [6, 6.07) is 1.89. The van der Waals surface area contributed by atoms with Gasteiger partial charge in [-0.05, 0) is 24.4 Å². The molecule has 0 atom stereocenters. The summed E-state index contributed by atoms with van der Waals surface area (Å²) in [7, 11) is 0. The molecule has 0 saturated carbocycles. The molecule has 0 spiro atoms. The van der Waals surface area contributed by atoms with Crippen molar-refractivity contribution in [2.75, 3.05) is 13.1 Å². The first-order valence-electron chi connectivity index (χ1n) is 5.57. The fourth-order valence-corrected chi connectivity index (χ4v) is 3.53. The lowest BCUT2D eigenvalue weighted by atomic mass is 10.4. The maximum atomic E-state index is 6.07. The first-order chi connectivity index (χ1) is 8.31. The van der Waals surface area contributed by atoms with E-state index in [1.165, 1.54) is 0 Å². The number of nitrogens with one attached hydrogen (secondary N) is 1. The van der Waals surface area contributed by atoms with Gasteiger partial charge in [-0.15, -0.1) is 21.5 Å². The van der Waals surface area contributed by atoms with E-state index in [0.29, 0.717) is 0 Å². The van der Waals surface area contributed by atoms with E-state index >= 15 is 0 Å². The molecular weight excluding hydrogens is 274 g/mol. The van der Waals surface area contributed by atoms with Gasteiger partial charge in [-0.1, -0.05) is 29.9 Å². The summed E-state index contributed by atoms with van der Waals surface area (Å²) < 4.78 is 0. The number of aromatic nitrogens is 2. The molecule has 2 aromatic rings. The largest absolute Gasteiger partial charge is 0.316 e. The number of thiophene rings is 1. The molecule has 0 aromatic carbocycles. The fraction of sp³-hybridized carbons (Fsp3) is 0.455. The Morgan fingerprint density at radius 2 is 2.24 bits per heavy atom. The Kier molecular flexibility index (Phi) is 4.91. The van der Waals surface area contributed by atoms with Crippen molar-refractivity contribution in [2.24, 2.45) is 0 Å². The van der Waals surface area contributed by atoms with Gasteiger partial charge in [0.2, 0.25) is 0 Å². The summed E-state index contributed by atoms with van der Waals surface area (Å²) in [5, 5.41) is 16.5. The molecule has 6 heteroatoms. The lowest BCUT2D eigenvalue weighted by Crippen LogP contribution is -2.17. The summed E-state index contributed by atoms with van der Waals surface area (Å²) in [4.78, 5) is 1.02. The van der Waals surface area contributed by atoms with Crippen LogP contribution in [0.4, 0.5) is 0 Å². The van der Waals surface area contributed by atoms with Gasteiger partial charge in [0, 0.05) is 13.0 Å². The zero-order valence-corrected chi connectivity index (χ0v) is 12.0. The van der Waals surface area contributed by atoms with Gasteiger partial charge in [-0.2, -0.15) is 0 Å². The highest BCUT2D eigenvalue weighted by atomic mass is 35.5. The summed E-state index contributed by atoms with van der Waals surface area (Å²) in [6.45, 7) is 4.18. The van der Waals surface area contributed by atoms with Gasteiger partial charge in [0.25, 0.3) is 0 Å². The topological polar surface area (TPSA) is 37.8 Å². The van der Waals surface area contributed by atoms with Crippen molar-refractivity contribution in [3.05, 3.63) is 21.5 Å². The van der Waals surface area contributed by atoms with Gasteiger partial charge in [0.1, 0.15) is 5.01 Å². The van der Waals surface area contributed by atoms with Crippen LogP contribution in [0.25, 0.3) is 9.88 Å². The SMILES string of the molecule is CCCNCCc1nnc(-c2sccc2Cl)s1. The normalized spacial score (nSPS) is 10.9. The predicted molar refractivity (Wildman–Crippen MR) is 75.1 cm³/mol. The van der Waals surface area contributed by atoms with Crippen molar-refractivity contribution in [1.29, 1.82) is 0 Å². The smallest absolute Gasteiger partial charge is 0.159 e. The van der Waals surface area contributed by atoms with Crippen molar-refractivity contribution in [3.63, 3.8) is 0 Å². The van der Waals surface area contributed by atoms with E-state index in [9.17, 15) is 0 Å². The monoisotopic (exact) mass is 287 g/mol. The quantitative estimate of drug-likeness (QED) is 0.827. The summed E-state index contributed by atoms with van der Waals surface area (Å²) in [5.74, 6) is 0. The number of nitrogens with zero attached hydrogens (tertiary/aromatic N) is 2. The van der Waals surface area contributed by atoms with Gasteiger partial charge >= 0.3 is 0 Å². The molecular formula is C11H14ClN3S2. The second-order valence-electron chi connectivity index (χ2n) is 3.60. The molecule has 0 aliphatic rings. The third-order valence-electron chi connectivity index (χ3n) is 2.22. The first-order valence-corrected chi connectivity index (χ1v) is 7.65. The average molecular weight is 288 g/mol. The van der Waals surface area contributed by atoms with Crippen molar-refractivity contribution >= 4 is 34.3 Å². The molecule has 0 unspecified atom stereocenters. The van der Waals surface area contributed by atoms with Crippen LogP contribution in [0.2, 0.25) is 5.02 Å². The molecule has 3 nitrogen and oxygen atoms in total. The highest BCUT2D eigenvalue weighted by molar-refractivity contribution is 7.21. The maximum absolute atomic E-state index is 6.07. The second kappa shape index (κ2) is 6.44. The minimum Gasteiger partial charge on any atom is -0.316 e. The Balaban J connectivity index is 1.95. The first kappa shape index (κ1) is 13.0. The van der Waals surface area contributed by atoms with E-state index in [-0.39, 0.29) is 0 Å². The molecule has 0 aliphatic carbocycles. The van der Waals surface area contributed by atoms with Crippen LogP contribution in [0, 0.1) is 0 Å². The average Bonchev–Trinajstić information content (AvgIpc) is 2.93.